The van der Waals surface area contributed by atoms with Gasteiger partial charge in [-0.2, -0.15) is 0 Å². The fraction of sp³-hybridized carbons (Fsp3) is 0.316. The van der Waals surface area contributed by atoms with Gasteiger partial charge in [0.2, 0.25) is 5.91 Å². The summed E-state index contributed by atoms with van der Waals surface area (Å²) < 4.78 is 2.05. The van der Waals surface area contributed by atoms with Crippen LogP contribution in [0.4, 0.5) is 5.69 Å². The van der Waals surface area contributed by atoms with Crippen LogP contribution in [0.15, 0.2) is 34.8 Å². The number of rotatable bonds is 6. The Hall–Kier alpha value is -2.12. The minimum atomic E-state index is -0.0396. The zero-order valence-corrected chi connectivity index (χ0v) is 17.0. The second-order valence-corrected chi connectivity index (χ2v) is 8.14. The van der Waals surface area contributed by atoms with Crippen LogP contribution in [0, 0.1) is 20.8 Å². The van der Waals surface area contributed by atoms with Crippen LogP contribution in [0.25, 0.3) is 11.4 Å². The number of benzene rings is 1. The topological polar surface area (TPSA) is 59.8 Å². The van der Waals surface area contributed by atoms with Crippen molar-refractivity contribution in [3.05, 3.63) is 45.6 Å². The number of nitrogens with zero attached hydrogens (tertiary/aromatic N) is 3. The van der Waals surface area contributed by atoms with E-state index in [1.54, 1.807) is 11.3 Å². The second kappa shape index (κ2) is 8.05. The van der Waals surface area contributed by atoms with Gasteiger partial charge in [0.25, 0.3) is 0 Å². The molecule has 0 aliphatic heterocycles. The Morgan fingerprint density at radius 1 is 1.27 bits per heavy atom. The first kappa shape index (κ1) is 18.7. The van der Waals surface area contributed by atoms with Gasteiger partial charge in [0.15, 0.2) is 11.0 Å². The van der Waals surface area contributed by atoms with Crippen molar-refractivity contribution in [3.63, 3.8) is 0 Å². The molecule has 0 aliphatic carbocycles. The molecule has 3 aromatic rings. The number of thiophene rings is 1. The summed E-state index contributed by atoms with van der Waals surface area (Å²) in [5.41, 5.74) is 4.20. The summed E-state index contributed by atoms with van der Waals surface area (Å²) in [6.07, 6.45) is 0. The Kier molecular flexibility index (Phi) is 5.78. The Morgan fingerprint density at radius 2 is 2.08 bits per heavy atom. The maximum Gasteiger partial charge on any atom is 0.234 e. The quantitative estimate of drug-likeness (QED) is 0.625. The smallest absolute Gasteiger partial charge is 0.234 e. The normalized spacial score (nSPS) is 10.9. The van der Waals surface area contributed by atoms with E-state index < -0.39 is 0 Å². The molecule has 1 amide bonds. The maximum atomic E-state index is 12.3. The summed E-state index contributed by atoms with van der Waals surface area (Å²) >= 11 is 3.11. The van der Waals surface area contributed by atoms with Crippen molar-refractivity contribution in [2.45, 2.75) is 39.4 Å². The largest absolute Gasteiger partial charge is 0.325 e. The van der Waals surface area contributed by atoms with E-state index in [0.29, 0.717) is 5.75 Å². The minimum Gasteiger partial charge on any atom is -0.325 e. The molecule has 0 radical (unpaired) electrons. The Bertz CT molecular complexity index is 930. The summed E-state index contributed by atoms with van der Waals surface area (Å²) in [4.78, 5) is 13.6. The van der Waals surface area contributed by atoms with Gasteiger partial charge in [-0.25, -0.2) is 0 Å². The lowest BCUT2D eigenvalue weighted by atomic mass is 10.1. The minimum absolute atomic E-state index is 0.0396. The molecule has 0 saturated carbocycles. The highest BCUT2D eigenvalue weighted by molar-refractivity contribution is 7.99. The van der Waals surface area contributed by atoms with Crippen molar-refractivity contribution >= 4 is 34.7 Å². The molecule has 3 rings (SSSR count). The van der Waals surface area contributed by atoms with Crippen LogP contribution < -0.4 is 5.32 Å². The average molecular weight is 387 g/mol. The molecular formula is C19H22N4OS2. The third kappa shape index (κ3) is 3.99. The van der Waals surface area contributed by atoms with E-state index in [4.69, 9.17) is 0 Å². The van der Waals surface area contributed by atoms with E-state index >= 15 is 0 Å². The molecule has 0 saturated heterocycles. The summed E-state index contributed by atoms with van der Waals surface area (Å²) in [5, 5.41) is 14.5. The molecular weight excluding hydrogens is 364 g/mol. The summed E-state index contributed by atoms with van der Waals surface area (Å²) in [6, 6.07) is 8.03. The van der Waals surface area contributed by atoms with Crippen molar-refractivity contribution in [1.29, 1.82) is 0 Å². The number of hydrogen-bond donors (Lipinski definition) is 1. The highest BCUT2D eigenvalue weighted by Crippen LogP contribution is 2.27. The molecule has 1 N–H and O–H groups in total. The van der Waals surface area contributed by atoms with Gasteiger partial charge in [-0.1, -0.05) is 23.9 Å². The number of anilines is 1. The predicted octanol–water partition coefficient (Wildman–Crippen LogP) is 4.68. The number of hydrogen-bond acceptors (Lipinski definition) is 5. The van der Waals surface area contributed by atoms with E-state index in [1.165, 1.54) is 16.6 Å². The van der Waals surface area contributed by atoms with Gasteiger partial charge < -0.3 is 9.88 Å². The Labute approximate surface area is 161 Å². The third-order valence-electron chi connectivity index (χ3n) is 4.23. The first-order chi connectivity index (χ1) is 12.5. The van der Waals surface area contributed by atoms with Gasteiger partial charge >= 0.3 is 0 Å². The Morgan fingerprint density at radius 3 is 2.77 bits per heavy atom. The molecule has 0 fully saturated rings. The molecule has 7 heteroatoms. The standard InChI is InChI=1S/C19H22N4OS2/c1-5-23-18(15-9-13(3)25-10-15)21-22-19(23)26-11-17(24)20-16-8-6-7-12(2)14(16)4/h6-10H,5,11H2,1-4H3,(H,20,24). The first-order valence-corrected chi connectivity index (χ1v) is 10.3. The number of amides is 1. The molecule has 0 unspecified atom stereocenters. The van der Waals surface area contributed by atoms with Gasteiger partial charge in [0.1, 0.15) is 0 Å². The number of carbonyl (C=O) groups excluding carboxylic acids is 1. The van der Waals surface area contributed by atoms with Crippen LogP contribution >= 0.6 is 23.1 Å². The van der Waals surface area contributed by atoms with Gasteiger partial charge in [-0.15, -0.1) is 21.5 Å². The summed E-state index contributed by atoms with van der Waals surface area (Å²) in [5.74, 6) is 1.12. The van der Waals surface area contributed by atoms with Crippen molar-refractivity contribution in [2.24, 2.45) is 0 Å². The molecule has 0 bridgehead atoms. The number of nitrogens with one attached hydrogen (secondary N) is 1. The zero-order valence-electron chi connectivity index (χ0n) is 15.4. The van der Waals surface area contributed by atoms with Crippen LogP contribution in [0.2, 0.25) is 0 Å². The highest BCUT2D eigenvalue weighted by Gasteiger charge is 2.15. The summed E-state index contributed by atoms with van der Waals surface area (Å²) in [6.45, 7) is 8.96. The molecule has 2 aromatic heterocycles. The van der Waals surface area contributed by atoms with Crippen LogP contribution in [0.5, 0.6) is 0 Å². The maximum absolute atomic E-state index is 12.3. The molecule has 2 heterocycles. The van der Waals surface area contributed by atoms with Gasteiger partial charge in [-0.05, 0) is 51.0 Å². The second-order valence-electron chi connectivity index (χ2n) is 6.08. The van der Waals surface area contributed by atoms with E-state index in [1.807, 2.05) is 32.0 Å². The highest BCUT2D eigenvalue weighted by atomic mass is 32.2. The number of aromatic nitrogens is 3. The average Bonchev–Trinajstić information content (AvgIpc) is 3.22. The molecule has 1 aromatic carbocycles. The van der Waals surface area contributed by atoms with E-state index in [-0.39, 0.29) is 5.91 Å². The molecule has 136 valence electrons. The Balaban J connectivity index is 1.69. The van der Waals surface area contributed by atoms with Crippen molar-refractivity contribution in [3.8, 4) is 11.4 Å². The molecule has 5 nitrogen and oxygen atoms in total. The molecule has 0 spiro atoms. The third-order valence-corrected chi connectivity index (χ3v) is 6.06. The monoisotopic (exact) mass is 386 g/mol. The van der Waals surface area contributed by atoms with Crippen LogP contribution in [-0.4, -0.2) is 26.4 Å². The lowest BCUT2D eigenvalue weighted by Crippen LogP contribution is -2.15. The van der Waals surface area contributed by atoms with E-state index in [9.17, 15) is 4.79 Å². The van der Waals surface area contributed by atoms with Crippen LogP contribution in [0.1, 0.15) is 22.9 Å². The van der Waals surface area contributed by atoms with E-state index in [0.717, 1.165) is 39.9 Å². The first-order valence-electron chi connectivity index (χ1n) is 8.47. The van der Waals surface area contributed by atoms with Gasteiger partial charge in [-0.3, -0.25) is 4.79 Å². The lowest BCUT2D eigenvalue weighted by Gasteiger charge is -2.10. The molecule has 26 heavy (non-hydrogen) atoms. The number of aryl methyl sites for hydroxylation is 2. The van der Waals surface area contributed by atoms with Crippen molar-refractivity contribution < 1.29 is 4.79 Å². The predicted molar refractivity (Wildman–Crippen MR) is 109 cm³/mol. The fourth-order valence-electron chi connectivity index (χ4n) is 2.66. The lowest BCUT2D eigenvalue weighted by molar-refractivity contribution is -0.113. The fourth-order valence-corrected chi connectivity index (χ4v) is 4.14. The van der Waals surface area contributed by atoms with Crippen LogP contribution in [0.3, 0.4) is 0 Å². The number of thioether (sulfide) groups is 1. The van der Waals surface area contributed by atoms with Crippen LogP contribution in [-0.2, 0) is 11.3 Å². The summed E-state index contributed by atoms with van der Waals surface area (Å²) in [7, 11) is 0. The molecule has 0 atom stereocenters. The van der Waals surface area contributed by atoms with Gasteiger partial charge in [0.05, 0.1) is 5.75 Å². The van der Waals surface area contributed by atoms with E-state index in [2.05, 4.69) is 45.4 Å². The van der Waals surface area contributed by atoms with Gasteiger partial charge in [0, 0.05) is 28.1 Å². The SMILES string of the molecule is CCn1c(SCC(=O)Nc2cccc(C)c2C)nnc1-c1csc(C)c1. The van der Waals surface area contributed by atoms with Crippen molar-refractivity contribution in [1.82, 2.24) is 14.8 Å². The zero-order chi connectivity index (χ0) is 18.7. The molecule has 0 aliphatic rings. The van der Waals surface area contributed by atoms with Crippen molar-refractivity contribution in [2.75, 3.05) is 11.1 Å². The number of carbonyl (C=O) groups is 1.